The first-order valence-corrected chi connectivity index (χ1v) is 4.28. The second-order valence-corrected chi connectivity index (χ2v) is 3.44. The topological polar surface area (TPSA) is 54.4 Å². The SMILES string of the molecule is O=S(=O)(O)c1ccc(F)cc1F.[H-].[Na+]. The molecule has 0 saturated carbocycles. The molecule has 0 unspecified atom stereocenters. The molecule has 0 radical (unpaired) electrons. The third kappa shape index (κ3) is 3.32. The summed E-state index contributed by atoms with van der Waals surface area (Å²) in [6, 6.07) is 1.77. The van der Waals surface area contributed by atoms with E-state index in [1.165, 1.54) is 0 Å². The zero-order chi connectivity index (χ0) is 9.35. The maximum Gasteiger partial charge on any atom is 1.00 e. The molecule has 1 N–H and O–H groups in total. The molecule has 1 aromatic carbocycles. The normalized spacial score (nSPS) is 10.7. The van der Waals surface area contributed by atoms with Gasteiger partial charge in [-0.25, -0.2) is 8.78 Å². The zero-order valence-electron chi connectivity index (χ0n) is 7.66. The van der Waals surface area contributed by atoms with Crippen LogP contribution in [0.4, 0.5) is 8.78 Å². The van der Waals surface area contributed by atoms with E-state index in [0.29, 0.717) is 12.1 Å². The molecular formula is C6H5F2NaO3S. The molecule has 0 aromatic heterocycles. The van der Waals surface area contributed by atoms with Crippen molar-refractivity contribution in [3.05, 3.63) is 29.8 Å². The standard InChI is InChI=1S/C6H4F2O3S.Na.H/c7-4-1-2-6(5(8)3-4)12(9,10)11;;/h1-3H,(H,9,10,11);;/q;+1;-1. The third-order valence-corrected chi connectivity index (χ3v) is 2.06. The van der Waals surface area contributed by atoms with Crippen molar-refractivity contribution in [2.24, 2.45) is 0 Å². The molecule has 1 aromatic rings. The largest absolute Gasteiger partial charge is 1.00 e. The van der Waals surface area contributed by atoms with Gasteiger partial charge in [-0.1, -0.05) is 0 Å². The first-order chi connectivity index (χ1) is 5.41. The van der Waals surface area contributed by atoms with Crippen LogP contribution in [-0.4, -0.2) is 13.0 Å². The second kappa shape index (κ2) is 4.47. The van der Waals surface area contributed by atoms with E-state index >= 15 is 0 Å². The van der Waals surface area contributed by atoms with Crippen molar-refractivity contribution in [1.29, 1.82) is 0 Å². The van der Waals surface area contributed by atoms with Gasteiger partial charge < -0.3 is 1.43 Å². The summed E-state index contributed by atoms with van der Waals surface area (Å²) in [5.41, 5.74) is 0. The molecule has 0 atom stereocenters. The van der Waals surface area contributed by atoms with E-state index in [-0.39, 0.29) is 31.0 Å². The molecule has 0 heterocycles. The van der Waals surface area contributed by atoms with Crippen molar-refractivity contribution in [2.45, 2.75) is 4.90 Å². The smallest absolute Gasteiger partial charge is 1.00 e. The van der Waals surface area contributed by atoms with E-state index < -0.39 is 26.6 Å². The summed E-state index contributed by atoms with van der Waals surface area (Å²) in [6.45, 7) is 0. The summed E-state index contributed by atoms with van der Waals surface area (Å²) in [7, 11) is -4.59. The van der Waals surface area contributed by atoms with Gasteiger partial charge in [-0.05, 0) is 12.1 Å². The van der Waals surface area contributed by atoms with Crippen molar-refractivity contribution in [3.63, 3.8) is 0 Å². The summed E-state index contributed by atoms with van der Waals surface area (Å²) in [6.07, 6.45) is 0. The van der Waals surface area contributed by atoms with Gasteiger partial charge in [0.05, 0.1) is 0 Å². The predicted molar refractivity (Wildman–Crippen MR) is 37.3 cm³/mol. The maximum absolute atomic E-state index is 12.6. The maximum atomic E-state index is 12.6. The van der Waals surface area contributed by atoms with E-state index in [2.05, 4.69) is 0 Å². The Morgan fingerprint density at radius 3 is 2.23 bits per heavy atom. The van der Waals surface area contributed by atoms with E-state index in [0.717, 1.165) is 6.07 Å². The minimum absolute atomic E-state index is 0. The van der Waals surface area contributed by atoms with Gasteiger partial charge in [0, 0.05) is 6.07 Å². The van der Waals surface area contributed by atoms with Crippen LogP contribution in [-0.2, 0) is 10.1 Å². The molecular weight excluding hydrogens is 213 g/mol. The van der Waals surface area contributed by atoms with Crippen LogP contribution in [0.15, 0.2) is 23.1 Å². The van der Waals surface area contributed by atoms with Crippen LogP contribution >= 0.6 is 0 Å². The molecule has 0 bridgehead atoms. The van der Waals surface area contributed by atoms with E-state index in [4.69, 9.17) is 4.55 Å². The molecule has 3 nitrogen and oxygen atoms in total. The summed E-state index contributed by atoms with van der Waals surface area (Å²) in [5, 5.41) is 0. The summed E-state index contributed by atoms with van der Waals surface area (Å²) in [4.78, 5) is -0.927. The fraction of sp³-hybridized carbons (Fsp3) is 0. The zero-order valence-corrected chi connectivity index (χ0v) is 9.48. The Bertz CT molecular complexity index is 410. The van der Waals surface area contributed by atoms with Crippen molar-refractivity contribution in [1.82, 2.24) is 0 Å². The average molecular weight is 218 g/mol. The summed E-state index contributed by atoms with van der Waals surface area (Å²) in [5.74, 6) is -2.21. The van der Waals surface area contributed by atoms with E-state index in [1.54, 1.807) is 0 Å². The Morgan fingerprint density at radius 1 is 1.31 bits per heavy atom. The monoisotopic (exact) mass is 218 g/mol. The van der Waals surface area contributed by atoms with Crippen LogP contribution in [0.1, 0.15) is 1.43 Å². The molecule has 0 aliphatic rings. The van der Waals surface area contributed by atoms with Gasteiger partial charge in [-0.15, -0.1) is 0 Å². The molecule has 0 saturated heterocycles. The molecule has 0 aliphatic carbocycles. The van der Waals surface area contributed by atoms with Crippen LogP contribution in [0.25, 0.3) is 0 Å². The van der Waals surface area contributed by atoms with Crippen LogP contribution in [0, 0.1) is 11.6 Å². The number of hydrogen-bond acceptors (Lipinski definition) is 2. The minimum atomic E-state index is -4.59. The molecule has 1 rings (SSSR count). The van der Waals surface area contributed by atoms with Gasteiger partial charge in [0.1, 0.15) is 16.5 Å². The van der Waals surface area contributed by atoms with Gasteiger partial charge in [0.2, 0.25) is 0 Å². The number of rotatable bonds is 1. The molecule has 0 spiro atoms. The van der Waals surface area contributed by atoms with Crippen molar-refractivity contribution >= 4 is 10.1 Å². The van der Waals surface area contributed by atoms with Crippen molar-refractivity contribution in [3.8, 4) is 0 Å². The predicted octanol–water partition coefficient (Wildman–Crippen LogP) is -1.67. The Kier molecular flexibility index (Phi) is 4.47. The van der Waals surface area contributed by atoms with Crippen LogP contribution < -0.4 is 29.6 Å². The van der Waals surface area contributed by atoms with Gasteiger partial charge in [-0.3, -0.25) is 4.55 Å². The van der Waals surface area contributed by atoms with Gasteiger partial charge in [0.25, 0.3) is 10.1 Å². The van der Waals surface area contributed by atoms with Crippen LogP contribution in [0.3, 0.4) is 0 Å². The minimum Gasteiger partial charge on any atom is -1.00 e. The van der Waals surface area contributed by atoms with E-state index in [1.807, 2.05) is 0 Å². The average Bonchev–Trinajstić information content (AvgIpc) is 1.83. The molecule has 0 fully saturated rings. The Balaban J connectivity index is 0. The summed E-state index contributed by atoms with van der Waals surface area (Å²) < 4.78 is 53.9. The Hall–Kier alpha value is -0.0100. The van der Waals surface area contributed by atoms with Crippen molar-refractivity contribution in [2.75, 3.05) is 0 Å². The fourth-order valence-corrected chi connectivity index (χ4v) is 1.23. The molecule has 0 aliphatic heterocycles. The molecule has 0 amide bonds. The quantitative estimate of drug-likeness (QED) is 0.453. The second-order valence-electron chi connectivity index (χ2n) is 2.05. The third-order valence-electron chi connectivity index (χ3n) is 1.17. The first-order valence-electron chi connectivity index (χ1n) is 2.84. The molecule has 7 heteroatoms. The molecule has 13 heavy (non-hydrogen) atoms. The van der Waals surface area contributed by atoms with Gasteiger partial charge in [-0.2, -0.15) is 8.42 Å². The number of benzene rings is 1. The number of hydrogen-bond donors (Lipinski definition) is 1. The Morgan fingerprint density at radius 2 is 1.85 bits per heavy atom. The van der Waals surface area contributed by atoms with Crippen molar-refractivity contribution < 1.29 is 52.7 Å². The number of halogens is 2. The van der Waals surface area contributed by atoms with Crippen LogP contribution in [0.5, 0.6) is 0 Å². The molecule has 68 valence electrons. The Labute approximate surface area is 97.3 Å². The van der Waals surface area contributed by atoms with Gasteiger partial charge in [0.15, 0.2) is 0 Å². The van der Waals surface area contributed by atoms with E-state index in [9.17, 15) is 17.2 Å². The van der Waals surface area contributed by atoms with Crippen LogP contribution in [0.2, 0.25) is 0 Å². The fourth-order valence-electron chi connectivity index (χ4n) is 0.684. The summed E-state index contributed by atoms with van der Waals surface area (Å²) >= 11 is 0. The van der Waals surface area contributed by atoms with Gasteiger partial charge >= 0.3 is 29.6 Å². The first kappa shape index (κ1) is 13.0.